The summed E-state index contributed by atoms with van der Waals surface area (Å²) in [4.78, 5) is 27.5. The van der Waals surface area contributed by atoms with Crippen LogP contribution in [0.5, 0.6) is 0 Å². The summed E-state index contributed by atoms with van der Waals surface area (Å²) in [5.74, 6) is 0. The van der Waals surface area contributed by atoms with Crippen molar-refractivity contribution in [1.29, 1.82) is 0 Å². The van der Waals surface area contributed by atoms with Gasteiger partial charge in [0.2, 0.25) is 0 Å². The first-order chi connectivity index (χ1) is 12.6. The Morgan fingerprint density at radius 1 is 1.12 bits per heavy atom. The average Bonchev–Trinajstić information content (AvgIpc) is 3.00. The quantitative estimate of drug-likeness (QED) is 0.401. The van der Waals surface area contributed by atoms with Crippen LogP contribution < -0.4 is 5.63 Å². The molecule has 4 rings (SSSR count). The zero-order chi connectivity index (χ0) is 18.1. The molecule has 0 saturated heterocycles. The summed E-state index contributed by atoms with van der Waals surface area (Å²) < 4.78 is 6.65. The highest BCUT2D eigenvalue weighted by Crippen LogP contribution is 2.36. The van der Waals surface area contributed by atoms with Gasteiger partial charge in [-0.05, 0) is 18.2 Å². The summed E-state index contributed by atoms with van der Waals surface area (Å²) in [5.41, 5.74) is 1.50. The van der Waals surface area contributed by atoms with Crippen LogP contribution in [0.15, 0.2) is 86.2 Å². The van der Waals surface area contributed by atoms with E-state index in [9.17, 15) is 14.9 Å². The molecule has 0 spiro atoms. The van der Waals surface area contributed by atoms with E-state index in [-0.39, 0.29) is 5.69 Å². The summed E-state index contributed by atoms with van der Waals surface area (Å²) in [6.45, 7) is 0. The zero-order valence-corrected chi connectivity index (χ0v) is 14.1. The van der Waals surface area contributed by atoms with Crippen LogP contribution in [-0.2, 0) is 0 Å². The van der Waals surface area contributed by atoms with E-state index in [0.29, 0.717) is 21.8 Å². The molecule has 3 aromatic heterocycles. The third-order valence-corrected chi connectivity index (χ3v) is 4.78. The molecule has 0 amide bonds. The molecule has 0 bridgehead atoms. The van der Waals surface area contributed by atoms with Gasteiger partial charge in [-0.3, -0.25) is 14.5 Å². The van der Waals surface area contributed by atoms with Crippen LogP contribution in [0.1, 0.15) is 0 Å². The van der Waals surface area contributed by atoms with Crippen molar-refractivity contribution >= 4 is 23.1 Å². The van der Waals surface area contributed by atoms with Gasteiger partial charge in [-0.2, -0.15) is 0 Å². The Bertz CT molecular complexity index is 1180. The van der Waals surface area contributed by atoms with Crippen molar-refractivity contribution < 1.29 is 9.34 Å². The second-order valence-electron chi connectivity index (χ2n) is 5.39. The van der Waals surface area contributed by atoms with Crippen molar-refractivity contribution in [1.82, 2.24) is 9.38 Å². The molecular formula is C18H11N3O4S. The number of nitro groups is 1. The molecule has 0 unspecified atom stereocenters. The smallest absolute Gasteiger partial charge is 0.336 e. The number of benzene rings is 1. The maximum atomic E-state index is 11.5. The van der Waals surface area contributed by atoms with Gasteiger partial charge in [0.1, 0.15) is 16.4 Å². The third-order valence-electron chi connectivity index (χ3n) is 3.71. The second kappa shape index (κ2) is 6.49. The van der Waals surface area contributed by atoms with Crippen LogP contribution in [0.3, 0.4) is 0 Å². The van der Waals surface area contributed by atoms with Crippen LogP contribution in [0.25, 0.3) is 16.9 Å². The normalized spacial score (nSPS) is 10.9. The summed E-state index contributed by atoms with van der Waals surface area (Å²) in [6.07, 6.45) is 3.19. The largest absolute Gasteiger partial charge is 0.431 e. The summed E-state index contributed by atoms with van der Waals surface area (Å²) in [7, 11) is 0. The van der Waals surface area contributed by atoms with E-state index in [1.165, 1.54) is 36.2 Å². The topological polar surface area (TPSA) is 90.6 Å². The third kappa shape index (κ3) is 2.98. The number of non-ortho nitro benzene ring substituents is 1. The lowest BCUT2D eigenvalue weighted by molar-refractivity contribution is -0.384. The van der Waals surface area contributed by atoms with Gasteiger partial charge in [0.05, 0.1) is 11.2 Å². The van der Waals surface area contributed by atoms with Crippen LogP contribution in [0, 0.1) is 10.1 Å². The van der Waals surface area contributed by atoms with E-state index in [4.69, 9.17) is 4.42 Å². The van der Waals surface area contributed by atoms with E-state index in [2.05, 4.69) is 4.98 Å². The van der Waals surface area contributed by atoms with Crippen molar-refractivity contribution in [2.45, 2.75) is 9.92 Å². The van der Waals surface area contributed by atoms with Crippen molar-refractivity contribution in [3.63, 3.8) is 0 Å². The van der Waals surface area contributed by atoms with Crippen LogP contribution in [0.2, 0.25) is 0 Å². The first kappa shape index (κ1) is 16.1. The highest BCUT2D eigenvalue weighted by Gasteiger charge is 2.17. The lowest BCUT2D eigenvalue weighted by Gasteiger charge is -2.05. The molecule has 3 heterocycles. The number of fused-ring (bicyclic) bond motifs is 1. The number of nitrogens with zero attached hydrogens (tertiary/aromatic N) is 3. The number of pyridine rings is 1. The minimum Gasteiger partial charge on any atom is -0.431 e. The van der Waals surface area contributed by atoms with Gasteiger partial charge in [0.15, 0.2) is 0 Å². The molecule has 7 nitrogen and oxygen atoms in total. The molecule has 0 N–H and O–H groups in total. The molecule has 0 fully saturated rings. The SMILES string of the molecule is O=c1cc(Sc2c(-c3cccc([N+](=O)[O-])c3)nc3ccccn23)cco1. The van der Waals surface area contributed by atoms with Gasteiger partial charge in [-0.25, -0.2) is 9.78 Å². The highest BCUT2D eigenvalue weighted by molar-refractivity contribution is 7.99. The number of hydrogen-bond acceptors (Lipinski definition) is 6. The predicted octanol–water partition coefficient (Wildman–Crippen LogP) is 4.01. The average molecular weight is 365 g/mol. The monoisotopic (exact) mass is 365 g/mol. The van der Waals surface area contributed by atoms with Crippen LogP contribution in [0.4, 0.5) is 5.69 Å². The first-order valence-electron chi connectivity index (χ1n) is 7.60. The Kier molecular flexibility index (Phi) is 4.02. The number of aromatic nitrogens is 2. The zero-order valence-electron chi connectivity index (χ0n) is 13.2. The number of hydrogen-bond donors (Lipinski definition) is 0. The van der Waals surface area contributed by atoms with Gasteiger partial charge in [0, 0.05) is 34.9 Å². The van der Waals surface area contributed by atoms with E-state index in [1.54, 1.807) is 18.2 Å². The minimum absolute atomic E-state index is 0.00383. The first-order valence-corrected chi connectivity index (χ1v) is 8.42. The molecule has 0 atom stereocenters. The summed E-state index contributed by atoms with van der Waals surface area (Å²) in [6, 6.07) is 15.0. The van der Waals surface area contributed by atoms with Gasteiger partial charge in [-0.15, -0.1) is 0 Å². The molecule has 128 valence electrons. The summed E-state index contributed by atoms with van der Waals surface area (Å²) in [5, 5.41) is 11.9. The Morgan fingerprint density at radius 3 is 2.81 bits per heavy atom. The fourth-order valence-electron chi connectivity index (χ4n) is 2.57. The fourth-order valence-corrected chi connectivity index (χ4v) is 3.58. The number of rotatable bonds is 4. The molecule has 0 aliphatic rings. The Balaban J connectivity index is 1.90. The highest BCUT2D eigenvalue weighted by atomic mass is 32.2. The standard InChI is InChI=1S/C18H11N3O4S/c22-16-11-14(7-9-25-16)26-18-17(19-15-6-1-2-8-20(15)18)12-4-3-5-13(10-12)21(23)24/h1-11H. The van der Waals surface area contributed by atoms with Crippen molar-refractivity contribution in [2.24, 2.45) is 0 Å². The van der Waals surface area contributed by atoms with Gasteiger partial charge < -0.3 is 4.42 Å². The molecule has 0 radical (unpaired) electrons. The minimum atomic E-state index is -0.444. The van der Waals surface area contributed by atoms with Crippen molar-refractivity contribution in [2.75, 3.05) is 0 Å². The van der Waals surface area contributed by atoms with Gasteiger partial charge >= 0.3 is 5.63 Å². The Morgan fingerprint density at radius 2 is 2.00 bits per heavy atom. The maximum absolute atomic E-state index is 11.5. The fraction of sp³-hybridized carbons (Fsp3) is 0. The molecule has 4 aromatic rings. The van der Waals surface area contributed by atoms with E-state index < -0.39 is 10.5 Å². The molecule has 0 aliphatic heterocycles. The van der Waals surface area contributed by atoms with Crippen molar-refractivity contribution in [3.05, 3.63) is 87.6 Å². The van der Waals surface area contributed by atoms with Crippen LogP contribution >= 0.6 is 11.8 Å². The number of imidazole rings is 1. The molecule has 8 heteroatoms. The number of nitro benzene ring substituents is 1. The van der Waals surface area contributed by atoms with E-state index in [1.807, 2.05) is 28.8 Å². The maximum Gasteiger partial charge on any atom is 0.336 e. The van der Waals surface area contributed by atoms with E-state index in [0.717, 1.165) is 5.03 Å². The second-order valence-corrected chi connectivity index (χ2v) is 6.45. The molecule has 26 heavy (non-hydrogen) atoms. The Hall–Kier alpha value is -3.39. The van der Waals surface area contributed by atoms with Crippen LogP contribution in [-0.4, -0.2) is 14.3 Å². The Labute approximate surface area is 151 Å². The van der Waals surface area contributed by atoms with Crippen molar-refractivity contribution in [3.8, 4) is 11.3 Å². The predicted molar refractivity (Wildman–Crippen MR) is 96.4 cm³/mol. The molecule has 0 saturated carbocycles. The molecule has 1 aromatic carbocycles. The van der Waals surface area contributed by atoms with Gasteiger partial charge in [0.25, 0.3) is 5.69 Å². The lowest BCUT2D eigenvalue weighted by atomic mass is 10.1. The van der Waals surface area contributed by atoms with E-state index >= 15 is 0 Å². The lowest BCUT2D eigenvalue weighted by Crippen LogP contribution is -1.95. The molecule has 0 aliphatic carbocycles. The summed E-state index contributed by atoms with van der Waals surface area (Å²) >= 11 is 1.34. The van der Waals surface area contributed by atoms with Gasteiger partial charge in [-0.1, -0.05) is 30.0 Å². The molecular weight excluding hydrogens is 354 g/mol.